The molecular weight excluding hydrogens is 462 g/mol. The first kappa shape index (κ1) is 28.7. The summed E-state index contributed by atoms with van der Waals surface area (Å²) in [6.07, 6.45) is 4.64. The predicted molar refractivity (Wildman–Crippen MR) is 151 cm³/mol. The van der Waals surface area contributed by atoms with Gasteiger partial charge in [-0.15, -0.1) is 0 Å². The van der Waals surface area contributed by atoms with Crippen LogP contribution in [0.3, 0.4) is 0 Å². The summed E-state index contributed by atoms with van der Waals surface area (Å²) in [6, 6.07) is 16.2. The molecule has 6 nitrogen and oxygen atoms in total. The highest BCUT2D eigenvalue weighted by Crippen LogP contribution is 2.43. The highest BCUT2D eigenvalue weighted by atomic mass is 16.4. The van der Waals surface area contributed by atoms with E-state index in [1.54, 1.807) is 0 Å². The molecule has 6 heteroatoms. The highest BCUT2D eigenvalue weighted by molar-refractivity contribution is 5.89. The van der Waals surface area contributed by atoms with Gasteiger partial charge in [-0.05, 0) is 77.7 Å². The summed E-state index contributed by atoms with van der Waals surface area (Å²) in [6.45, 7) is 12.4. The maximum Gasteiger partial charge on any atom is 0.319 e. The fraction of sp³-hybridized carbons (Fsp3) is 0.548. The molecule has 1 aliphatic carbocycles. The lowest BCUT2D eigenvalue weighted by atomic mass is 9.68. The van der Waals surface area contributed by atoms with Gasteiger partial charge >= 0.3 is 12.0 Å². The van der Waals surface area contributed by atoms with E-state index in [1.807, 2.05) is 12.1 Å². The van der Waals surface area contributed by atoms with Gasteiger partial charge in [-0.1, -0.05) is 71.0 Å². The number of nitrogens with one attached hydrogen (secondary N) is 3. The number of carboxylic acid groups (broad SMARTS) is 1. The number of hydrogen-bond acceptors (Lipinski definition) is 3. The molecule has 0 bridgehead atoms. The molecule has 1 atom stereocenters. The lowest BCUT2D eigenvalue weighted by Crippen LogP contribution is -2.38. The molecule has 0 aliphatic heterocycles. The van der Waals surface area contributed by atoms with Crippen molar-refractivity contribution < 1.29 is 14.7 Å². The van der Waals surface area contributed by atoms with E-state index in [-0.39, 0.29) is 18.5 Å². The van der Waals surface area contributed by atoms with Crippen molar-refractivity contribution in [1.82, 2.24) is 10.6 Å². The molecule has 202 valence electrons. The SMILES string of the molecule is CC(C)c1ccc(NC(=O)NC(c2ccc(CNCCC(=O)O)cc2)C2CCC(C(C)(C)C)CC2)cc1. The molecule has 3 rings (SSSR count). The van der Waals surface area contributed by atoms with Gasteiger partial charge in [0.25, 0.3) is 0 Å². The quantitative estimate of drug-likeness (QED) is 0.258. The van der Waals surface area contributed by atoms with Gasteiger partial charge < -0.3 is 21.1 Å². The molecule has 1 saturated carbocycles. The minimum atomic E-state index is -0.799. The number of urea groups is 1. The smallest absolute Gasteiger partial charge is 0.319 e. The largest absolute Gasteiger partial charge is 0.481 e. The molecule has 1 fully saturated rings. The fourth-order valence-corrected chi connectivity index (χ4v) is 5.32. The van der Waals surface area contributed by atoms with Crippen LogP contribution in [0, 0.1) is 17.3 Å². The zero-order valence-electron chi connectivity index (χ0n) is 23.1. The second-order valence-electron chi connectivity index (χ2n) is 11.9. The van der Waals surface area contributed by atoms with E-state index in [0.717, 1.165) is 29.7 Å². The summed E-state index contributed by atoms with van der Waals surface area (Å²) in [5.41, 5.74) is 4.55. The molecule has 2 aromatic carbocycles. The minimum Gasteiger partial charge on any atom is -0.481 e. The summed E-state index contributed by atoms with van der Waals surface area (Å²) in [5, 5.41) is 18.3. The molecule has 0 aromatic heterocycles. The van der Waals surface area contributed by atoms with Crippen LogP contribution in [0.1, 0.15) is 95.4 Å². The number of rotatable bonds is 10. The zero-order valence-corrected chi connectivity index (χ0v) is 23.1. The van der Waals surface area contributed by atoms with Crippen molar-refractivity contribution in [2.45, 2.75) is 85.2 Å². The Labute approximate surface area is 222 Å². The molecule has 0 saturated heterocycles. The Hall–Kier alpha value is -2.86. The summed E-state index contributed by atoms with van der Waals surface area (Å²) in [4.78, 5) is 23.8. The first-order valence-electron chi connectivity index (χ1n) is 13.7. The third kappa shape index (κ3) is 8.89. The van der Waals surface area contributed by atoms with Crippen LogP contribution in [-0.4, -0.2) is 23.7 Å². The van der Waals surface area contributed by atoms with Crippen molar-refractivity contribution in [2.75, 3.05) is 11.9 Å². The first-order valence-corrected chi connectivity index (χ1v) is 13.7. The van der Waals surface area contributed by atoms with Gasteiger partial charge in [0.15, 0.2) is 0 Å². The molecule has 1 unspecified atom stereocenters. The molecule has 0 radical (unpaired) electrons. The number of benzene rings is 2. The van der Waals surface area contributed by atoms with Crippen molar-refractivity contribution in [1.29, 1.82) is 0 Å². The highest BCUT2D eigenvalue weighted by Gasteiger charge is 2.34. The summed E-state index contributed by atoms with van der Waals surface area (Å²) >= 11 is 0. The van der Waals surface area contributed by atoms with Gasteiger partial charge in [0.2, 0.25) is 0 Å². The van der Waals surface area contributed by atoms with E-state index in [0.29, 0.717) is 36.3 Å². The molecule has 0 heterocycles. The van der Waals surface area contributed by atoms with Crippen LogP contribution in [0.5, 0.6) is 0 Å². The second kappa shape index (κ2) is 13.1. The van der Waals surface area contributed by atoms with Crippen LogP contribution in [-0.2, 0) is 11.3 Å². The Bertz CT molecular complexity index is 1000. The van der Waals surface area contributed by atoms with E-state index in [2.05, 4.69) is 87.0 Å². The van der Waals surface area contributed by atoms with Gasteiger partial charge in [0, 0.05) is 18.8 Å². The Morgan fingerprint density at radius 3 is 2.05 bits per heavy atom. The molecule has 1 aliphatic rings. The van der Waals surface area contributed by atoms with Gasteiger partial charge in [0.05, 0.1) is 12.5 Å². The zero-order chi connectivity index (χ0) is 27.0. The number of carbonyl (C=O) groups excluding carboxylic acids is 1. The third-order valence-electron chi connectivity index (χ3n) is 7.77. The van der Waals surface area contributed by atoms with Crippen LogP contribution in [0.4, 0.5) is 10.5 Å². The van der Waals surface area contributed by atoms with Crippen LogP contribution in [0.2, 0.25) is 0 Å². The number of hydrogen-bond donors (Lipinski definition) is 4. The minimum absolute atomic E-state index is 0.0649. The standard InChI is InChI=1S/C31H45N3O3/c1-21(2)23-12-16-27(17-13-23)33-30(37)34-29(25-10-14-26(15-11-25)31(3,4)5)24-8-6-22(7-9-24)20-32-19-18-28(35)36/h6-9,12-13,16-17,21,25-26,29,32H,10-11,14-15,18-20H2,1-5H3,(H,35,36)(H2,33,34,37). The van der Waals surface area contributed by atoms with Crippen LogP contribution >= 0.6 is 0 Å². The summed E-state index contributed by atoms with van der Waals surface area (Å²) in [5.74, 6) is 0.738. The second-order valence-corrected chi connectivity index (χ2v) is 11.9. The molecule has 0 spiro atoms. The van der Waals surface area contributed by atoms with E-state index in [4.69, 9.17) is 5.11 Å². The molecular formula is C31H45N3O3. The van der Waals surface area contributed by atoms with Crippen LogP contribution in [0.15, 0.2) is 48.5 Å². The van der Waals surface area contributed by atoms with Crippen LogP contribution in [0.25, 0.3) is 0 Å². The van der Waals surface area contributed by atoms with E-state index < -0.39 is 5.97 Å². The van der Waals surface area contributed by atoms with Crippen molar-refractivity contribution in [3.05, 3.63) is 65.2 Å². The normalized spacial score (nSPS) is 18.9. The number of carboxylic acids is 1. The van der Waals surface area contributed by atoms with E-state index in [1.165, 1.54) is 18.4 Å². The average molecular weight is 508 g/mol. The van der Waals surface area contributed by atoms with Gasteiger partial charge in [-0.3, -0.25) is 4.79 Å². The van der Waals surface area contributed by atoms with Crippen LogP contribution < -0.4 is 16.0 Å². The molecule has 37 heavy (non-hydrogen) atoms. The van der Waals surface area contributed by atoms with Crippen molar-refractivity contribution in [3.8, 4) is 0 Å². The Balaban J connectivity index is 1.69. The number of carbonyl (C=O) groups is 2. The van der Waals surface area contributed by atoms with Crippen molar-refractivity contribution in [3.63, 3.8) is 0 Å². The van der Waals surface area contributed by atoms with Gasteiger partial charge in [0.1, 0.15) is 0 Å². The fourth-order valence-electron chi connectivity index (χ4n) is 5.32. The third-order valence-corrected chi connectivity index (χ3v) is 7.77. The Morgan fingerprint density at radius 1 is 0.919 bits per heavy atom. The first-order chi connectivity index (χ1) is 17.5. The molecule has 2 aromatic rings. The topological polar surface area (TPSA) is 90.5 Å². The molecule has 4 N–H and O–H groups in total. The number of aliphatic carboxylic acids is 1. The van der Waals surface area contributed by atoms with E-state index >= 15 is 0 Å². The maximum atomic E-state index is 13.1. The van der Waals surface area contributed by atoms with Gasteiger partial charge in [-0.2, -0.15) is 0 Å². The molecule has 2 amide bonds. The summed E-state index contributed by atoms with van der Waals surface area (Å²) < 4.78 is 0. The number of anilines is 1. The lowest BCUT2D eigenvalue weighted by Gasteiger charge is -2.39. The Morgan fingerprint density at radius 2 is 1.51 bits per heavy atom. The summed E-state index contributed by atoms with van der Waals surface area (Å²) in [7, 11) is 0. The monoisotopic (exact) mass is 507 g/mol. The maximum absolute atomic E-state index is 13.1. The van der Waals surface area contributed by atoms with Crippen molar-refractivity contribution in [2.24, 2.45) is 17.3 Å². The number of amides is 2. The van der Waals surface area contributed by atoms with Gasteiger partial charge in [-0.25, -0.2) is 4.79 Å². The average Bonchev–Trinajstić information content (AvgIpc) is 2.85. The van der Waals surface area contributed by atoms with E-state index in [9.17, 15) is 9.59 Å². The lowest BCUT2D eigenvalue weighted by molar-refractivity contribution is -0.136. The predicted octanol–water partition coefficient (Wildman–Crippen LogP) is 7.09. The Kier molecular flexibility index (Phi) is 10.2. The van der Waals surface area contributed by atoms with Crippen molar-refractivity contribution >= 4 is 17.7 Å².